The fourth-order valence-corrected chi connectivity index (χ4v) is 1.76. The molecule has 0 unspecified atom stereocenters. The van der Waals surface area contributed by atoms with Crippen molar-refractivity contribution in [3.8, 4) is 0 Å². The lowest BCUT2D eigenvalue weighted by Crippen LogP contribution is -2.10. The summed E-state index contributed by atoms with van der Waals surface area (Å²) in [5.41, 5.74) is 5.81. The van der Waals surface area contributed by atoms with Gasteiger partial charge >= 0.3 is 0 Å². The molecular weight excluding hydrogens is 200 g/mol. The van der Waals surface area contributed by atoms with E-state index in [4.69, 9.17) is 5.73 Å². The highest BCUT2D eigenvalue weighted by atomic mass is 16.1. The fraction of sp³-hybridized carbons (Fsp3) is 0.615. The summed E-state index contributed by atoms with van der Waals surface area (Å²) in [6.45, 7) is 3.18. The maximum atomic E-state index is 11.1. The number of unbranched alkanes of at least 4 members (excludes halogenated alkanes) is 5. The number of hydrogen-bond donors (Lipinski definition) is 1. The van der Waals surface area contributed by atoms with Gasteiger partial charge in [-0.1, -0.05) is 39.0 Å². The van der Waals surface area contributed by atoms with Crippen LogP contribution in [-0.4, -0.2) is 4.57 Å². The normalized spacial score (nSPS) is 10.6. The maximum absolute atomic E-state index is 11.1. The summed E-state index contributed by atoms with van der Waals surface area (Å²) in [6, 6.07) is 1.53. The summed E-state index contributed by atoms with van der Waals surface area (Å²) in [5, 5.41) is 0. The molecule has 0 atom stereocenters. The molecule has 1 aromatic rings. The van der Waals surface area contributed by atoms with E-state index in [1.165, 1.54) is 38.2 Å². The molecule has 2 N–H and O–H groups in total. The quantitative estimate of drug-likeness (QED) is 0.721. The van der Waals surface area contributed by atoms with Crippen LogP contribution in [0.4, 0.5) is 5.69 Å². The predicted octanol–water partition coefficient (Wildman–Crippen LogP) is 2.79. The molecule has 16 heavy (non-hydrogen) atoms. The molecule has 3 nitrogen and oxygen atoms in total. The molecule has 90 valence electrons. The van der Waals surface area contributed by atoms with E-state index in [2.05, 4.69) is 6.92 Å². The SMILES string of the molecule is CCCCCCCCn1ccc(=O)c(N)c1. The van der Waals surface area contributed by atoms with E-state index < -0.39 is 0 Å². The Morgan fingerprint density at radius 2 is 1.88 bits per heavy atom. The molecule has 0 saturated carbocycles. The minimum Gasteiger partial charge on any atom is -0.394 e. The van der Waals surface area contributed by atoms with Crippen molar-refractivity contribution in [2.45, 2.75) is 52.0 Å². The number of rotatable bonds is 7. The van der Waals surface area contributed by atoms with Crippen LogP contribution in [0.3, 0.4) is 0 Å². The van der Waals surface area contributed by atoms with Crippen LogP contribution in [0, 0.1) is 0 Å². The van der Waals surface area contributed by atoms with Crippen LogP contribution >= 0.6 is 0 Å². The topological polar surface area (TPSA) is 48.0 Å². The second-order valence-electron chi connectivity index (χ2n) is 4.27. The van der Waals surface area contributed by atoms with Gasteiger partial charge in [0.2, 0.25) is 5.43 Å². The van der Waals surface area contributed by atoms with E-state index in [1.54, 1.807) is 6.20 Å². The Labute approximate surface area is 97.3 Å². The van der Waals surface area contributed by atoms with Gasteiger partial charge in [-0.2, -0.15) is 0 Å². The largest absolute Gasteiger partial charge is 0.394 e. The molecule has 3 heteroatoms. The predicted molar refractivity (Wildman–Crippen MR) is 68.5 cm³/mol. The molecule has 0 radical (unpaired) electrons. The number of nitrogen functional groups attached to an aromatic ring is 1. The lowest BCUT2D eigenvalue weighted by atomic mass is 10.1. The summed E-state index contributed by atoms with van der Waals surface area (Å²) in [4.78, 5) is 11.1. The number of hydrogen-bond acceptors (Lipinski definition) is 2. The summed E-state index contributed by atoms with van der Waals surface area (Å²) in [7, 11) is 0. The van der Waals surface area contributed by atoms with E-state index in [0.717, 1.165) is 13.0 Å². The highest BCUT2D eigenvalue weighted by molar-refractivity contribution is 5.33. The summed E-state index contributed by atoms with van der Waals surface area (Å²) >= 11 is 0. The molecule has 0 fully saturated rings. The van der Waals surface area contributed by atoms with Crippen LogP contribution in [0.25, 0.3) is 0 Å². The maximum Gasteiger partial charge on any atom is 0.204 e. The first kappa shape index (κ1) is 12.8. The van der Waals surface area contributed by atoms with Gasteiger partial charge in [0.1, 0.15) is 0 Å². The van der Waals surface area contributed by atoms with E-state index in [-0.39, 0.29) is 5.43 Å². The van der Waals surface area contributed by atoms with Gasteiger partial charge in [0.25, 0.3) is 0 Å². The van der Waals surface area contributed by atoms with Gasteiger partial charge in [0, 0.05) is 25.0 Å². The molecule has 0 bridgehead atoms. The van der Waals surface area contributed by atoms with Crippen molar-refractivity contribution in [3.63, 3.8) is 0 Å². The molecule has 0 aromatic carbocycles. The zero-order valence-electron chi connectivity index (χ0n) is 10.1. The molecule has 0 saturated heterocycles. The number of pyridine rings is 1. The Morgan fingerprint density at radius 1 is 1.19 bits per heavy atom. The Morgan fingerprint density at radius 3 is 2.56 bits per heavy atom. The molecule has 0 aliphatic heterocycles. The first-order valence-corrected chi connectivity index (χ1v) is 6.19. The van der Waals surface area contributed by atoms with E-state index in [0.29, 0.717) is 5.69 Å². The zero-order chi connectivity index (χ0) is 11.8. The van der Waals surface area contributed by atoms with Crippen LogP contribution < -0.4 is 11.2 Å². The highest BCUT2D eigenvalue weighted by Crippen LogP contribution is 2.06. The monoisotopic (exact) mass is 222 g/mol. The summed E-state index contributed by atoms with van der Waals surface area (Å²) in [6.07, 6.45) is 11.2. The Balaban J connectivity index is 2.22. The van der Waals surface area contributed by atoms with Gasteiger partial charge in [-0.05, 0) is 6.42 Å². The molecule has 0 spiro atoms. The molecular formula is C13H22N2O. The first-order chi connectivity index (χ1) is 7.74. The molecule has 1 rings (SSSR count). The van der Waals surface area contributed by atoms with Crippen LogP contribution in [-0.2, 0) is 6.54 Å². The van der Waals surface area contributed by atoms with Gasteiger partial charge < -0.3 is 10.3 Å². The molecule has 0 amide bonds. The van der Waals surface area contributed by atoms with Crippen molar-refractivity contribution in [2.24, 2.45) is 0 Å². The van der Waals surface area contributed by atoms with Crippen molar-refractivity contribution in [1.82, 2.24) is 4.57 Å². The van der Waals surface area contributed by atoms with Crippen molar-refractivity contribution in [2.75, 3.05) is 5.73 Å². The lowest BCUT2D eigenvalue weighted by molar-refractivity contribution is 0.557. The average molecular weight is 222 g/mol. The lowest BCUT2D eigenvalue weighted by Gasteiger charge is -2.06. The molecule has 1 heterocycles. The van der Waals surface area contributed by atoms with E-state index in [9.17, 15) is 4.79 Å². The van der Waals surface area contributed by atoms with Crippen LogP contribution in [0.1, 0.15) is 45.4 Å². The molecule has 1 aromatic heterocycles. The molecule has 0 aliphatic rings. The van der Waals surface area contributed by atoms with Gasteiger partial charge in [0.05, 0.1) is 5.69 Å². The Hall–Kier alpha value is -1.25. The van der Waals surface area contributed by atoms with Gasteiger partial charge in [-0.3, -0.25) is 4.79 Å². The Bertz CT molecular complexity index is 357. The van der Waals surface area contributed by atoms with E-state index >= 15 is 0 Å². The minimum absolute atomic E-state index is 0.0841. The second kappa shape index (κ2) is 7.09. The van der Waals surface area contributed by atoms with Crippen molar-refractivity contribution < 1.29 is 0 Å². The van der Waals surface area contributed by atoms with Crippen molar-refractivity contribution in [3.05, 3.63) is 28.7 Å². The van der Waals surface area contributed by atoms with Crippen LogP contribution in [0.2, 0.25) is 0 Å². The fourth-order valence-electron chi connectivity index (χ4n) is 1.76. The highest BCUT2D eigenvalue weighted by Gasteiger charge is 1.95. The average Bonchev–Trinajstić information content (AvgIpc) is 2.28. The zero-order valence-corrected chi connectivity index (χ0v) is 10.1. The minimum atomic E-state index is -0.0841. The third-order valence-electron chi connectivity index (χ3n) is 2.78. The third-order valence-corrected chi connectivity index (χ3v) is 2.78. The number of nitrogens with two attached hydrogens (primary N) is 1. The van der Waals surface area contributed by atoms with Gasteiger partial charge in [-0.25, -0.2) is 0 Å². The second-order valence-corrected chi connectivity index (χ2v) is 4.27. The number of anilines is 1. The van der Waals surface area contributed by atoms with Gasteiger partial charge in [-0.15, -0.1) is 0 Å². The standard InChI is InChI=1S/C13H22N2O/c1-2-3-4-5-6-7-9-15-10-8-13(16)12(14)11-15/h8,10-11H,2-7,9,14H2,1H3. The summed E-state index contributed by atoms with van der Waals surface area (Å²) < 4.78 is 2.00. The third kappa shape index (κ3) is 4.51. The molecule has 0 aliphatic carbocycles. The Kier molecular flexibility index (Phi) is 5.68. The van der Waals surface area contributed by atoms with E-state index in [1.807, 2.05) is 10.8 Å². The number of aromatic nitrogens is 1. The van der Waals surface area contributed by atoms with Gasteiger partial charge in [0.15, 0.2) is 0 Å². The first-order valence-electron chi connectivity index (χ1n) is 6.19. The van der Waals surface area contributed by atoms with Crippen molar-refractivity contribution in [1.29, 1.82) is 0 Å². The smallest absolute Gasteiger partial charge is 0.204 e. The van der Waals surface area contributed by atoms with Crippen LogP contribution in [0.5, 0.6) is 0 Å². The number of aryl methyl sites for hydroxylation is 1. The van der Waals surface area contributed by atoms with Crippen LogP contribution in [0.15, 0.2) is 23.3 Å². The summed E-state index contributed by atoms with van der Waals surface area (Å²) in [5.74, 6) is 0. The number of nitrogens with zero attached hydrogens (tertiary/aromatic N) is 1. The van der Waals surface area contributed by atoms with Crippen molar-refractivity contribution >= 4 is 5.69 Å².